The van der Waals surface area contributed by atoms with Crippen molar-refractivity contribution < 1.29 is 19.1 Å². The number of nitrogens with zero attached hydrogens (tertiary/aromatic N) is 2. The molecule has 0 unspecified atom stereocenters. The summed E-state index contributed by atoms with van der Waals surface area (Å²) in [4.78, 5) is 28.9. The molecule has 2 aromatic rings. The molecule has 0 bridgehead atoms. The van der Waals surface area contributed by atoms with Crippen LogP contribution in [0.4, 0.5) is 5.69 Å². The van der Waals surface area contributed by atoms with Gasteiger partial charge in [0.25, 0.3) is 5.78 Å². The van der Waals surface area contributed by atoms with Gasteiger partial charge in [-0.25, -0.2) is 0 Å². The van der Waals surface area contributed by atoms with Crippen LogP contribution in [0.5, 0.6) is 11.5 Å². The van der Waals surface area contributed by atoms with Crippen LogP contribution in [0.1, 0.15) is 40.4 Å². The molecule has 0 aromatic heterocycles. The highest BCUT2D eigenvalue weighted by atomic mass is 16.5. The Kier molecular flexibility index (Phi) is 4.81. The van der Waals surface area contributed by atoms with Gasteiger partial charge in [-0.1, -0.05) is 17.7 Å². The lowest BCUT2D eigenvalue weighted by Gasteiger charge is -2.30. The van der Waals surface area contributed by atoms with Crippen molar-refractivity contribution in [1.29, 1.82) is 0 Å². The quantitative estimate of drug-likeness (QED) is 0.745. The third-order valence-electron chi connectivity index (χ3n) is 5.61. The van der Waals surface area contributed by atoms with E-state index in [0.29, 0.717) is 17.9 Å². The van der Waals surface area contributed by atoms with Crippen LogP contribution in [0.2, 0.25) is 0 Å². The lowest BCUT2D eigenvalue weighted by Crippen LogP contribution is -2.40. The Morgan fingerprint density at radius 3 is 2.64 bits per heavy atom. The number of fused-ring (bicyclic) bond motifs is 1. The van der Waals surface area contributed by atoms with Crippen molar-refractivity contribution in [3.8, 4) is 11.5 Å². The third-order valence-corrected chi connectivity index (χ3v) is 5.61. The lowest BCUT2D eigenvalue weighted by atomic mass is 10.0. The highest BCUT2D eigenvalue weighted by Gasteiger charge is 2.39. The molecular formula is C22H24N2O4. The largest absolute Gasteiger partial charge is 0.497 e. The summed E-state index contributed by atoms with van der Waals surface area (Å²) in [6.07, 6.45) is 2.00. The summed E-state index contributed by atoms with van der Waals surface area (Å²) in [5.74, 6) is 0.648. The van der Waals surface area contributed by atoms with E-state index in [9.17, 15) is 9.59 Å². The number of methoxy groups -OCH3 is 2. The minimum Gasteiger partial charge on any atom is -0.497 e. The Morgan fingerprint density at radius 1 is 1.07 bits per heavy atom. The van der Waals surface area contributed by atoms with Gasteiger partial charge in [-0.2, -0.15) is 0 Å². The van der Waals surface area contributed by atoms with Crippen molar-refractivity contribution in [3.63, 3.8) is 0 Å². The first-order valence-corrected chi connectivity index (χ1v) is 9.46. The van der Waals surface area contributed by atoms with Gasteiger partial charge in [-0.3, -0.25) is 19.4 Å². The molecule has 1 fully saturated rings. The van der Waals surface area contributed by atoms with Gasteiger partial charge in [-0.15, -0.1) is 0 Å². The molecule has 4 rings (SSSR count). The third kappa shape index (κ3) is 3.03. The van der Waals surface area contributed by atoms with Crippen molar-refractivity contribution in [3.05, 3.63) is 53.1 Å². The second kappa shape index (κ2) is 7.28. The fourth-order valence-corrected chi connectivity index (χ4v) is 4.18. The molecule has 0 radical (unpaired) electrons. The molecule has 2 aliphatic heterocycles. The van der Waals surface area contributed by atoms with Gasteiger partial charge in [0.2, 0.25) is 0 Å². The Labute approximate surface area is 164 Å². The molecule has 2 aromatic carbocycles. The first-order chi connectivity index (χ1) is 13.5. The first kappa shape index (κ1) is 18.5. The first-order valence-electron chi connectivity index (χ1n) is 9.46. The molecule has 146 valence electrons. The van der Waals surface area contributed by atoms with Crippen LogP contribution in [-0.4, -0.2) is 44.0 Å². The summed E-state index contributed by atoms with van der Waals surface area (Å²) in [5.41, 5.74) is 3.25. The average molecular weight is 380 g/mol. The predicted molar refractivity (Wildman–Crippen MR) is 106 cm³/mol. The zero-order valence-electron chi connectivity index (χ0n) is 16.4. The van der Waals surface area contributed by atoms with E-state index in [1.54, 1.807) is 25.2 Å². The van der Waals surface area contributed by atoms with Gasteiger partial charge >= 0.3 is 5.91 Å². The van der Waals surface area contributed by atoms with Gasteiger partial charge in [0.15, 0.2) is 0 Å². The van der Waals surface area contributed by atoms with Gasteiger partial charge in [0.1, 0.15) is 11.5 Å². The summed E-state index contributed by atoms with van der Waals surface area (Å²) >= 11 is 0. The van der Waals surface area contributed by atoms with E-state index < -0.39 is 11.7 Å². The molecule has 0 saturated carbocycles. The molecule has 2 aliphatic rings. The molecule has 0 aliphatic carbocycles. The van der Waals surface area contributed by atoms with Crippen molar-refractivity contribution in [2.75, 3.05) is 32.3 Å². The number of benzene rings is 2. The molecule has 1 amide bonds. The molecule has 0 N–H and O–H groups in total. The second-order valence-corrected chi connectivity index (χ2v) is 7.30. The second-order valence-electron chi connectivity index (χ2n) is 7.30. The van der Waals surface area contributed by atoms with E-state index in [1.165, 1.54) is 0 Å². The van der Waals surface area contributed by atoms with Gasteiger partial charge in [0, 0.05) is 24.2 Å². The van der Waals surface area contributed by atoms with Crippen LogP contribution in [0, 0.1) is 6.92 Å². The molecule has 2 heterocycles. The van der Waals surface area contributed by atoms with Gasteiger partial charge in [-0.05, 0) is 38.0 Å². The van der Waals surface area contributed by atoms with E-state index >= 15 is 0 Å². The lowest BCUT2D eigenvalue weighted by molar-refractivity contribution is -0.114. The minimum atomic E-state index is -0.451. The smallest absolute Gasteiger partial charge is 0.300 e. The number of amides is 1. The number of carbonyl (C=O) groups excluding carboxylic acids is 2. The number of anilines is 1. The highest BCUT2D eigenvalue weighted by Crippen LogP contribution is 2.40. The van der Waals surface area contributed by atoms with E-state index in [0.717, 1.165) is 42.0 Å². The Hall–Kier alpha value is -2.86. The molecule has 0 spiro atoms. The summed E-state index contributed by atoms with van der Waals surface area (Å²) in [6.45, 7) is 3.17. The molecular weight excluding hydrogens is 356 g/mol. The van der Waals surface area contributed by atoms with Crippen LogP contribution in [-0.2, 0) is 4.79 Å². The Morgan fingerprint density at radius 2 is 1.89 bits per heavy atom. The number of likely N-dealkylation sites (tertiary alicyclic amines) is 1. The number of aryl methyl sites for hydroxylation is 1. The predicted octanol–water partition coefficient (Wildman–Crippen LogP) is 3.34. The van der Waals surface area contributed by atoms with Crippen molar-refractivity contribution in [2.24, 2.45) is 0 Å². The van der Waals surface area contributed by atoms with Gasteiger partial charge < -0.3 is 9.47 Å². The summed E-state index contributed by atoms with van der Waals surface area (Å²) in [6, 6.07) is 11.6. The van der Waals surface area contributed by atoms with Crippen LogP contribution in [0.3, 0.4) is 0 Å². The minimum absolute atomic E-state index is 0.123. The van der Waals surface area contributed by atoms with Crippen LogP contribution in [0.15, 0.2) is 36.4 Å². The molecule has 6 heteroatoms. The Balaban J connectivity index is 1.62. The zero-order chi connectivity index (χ0) is 19.8. The number of carbonyl (C=O) groups is 2. The zero-order valence-corrected chi connectivity index (χ0v) is 16.4. The fraction of sp³-hybridized carbons (Fsp3) is 0.364. The number of hydrogen-bond acceptors (Lipinski definition) is 5. The molecule has 1 atom stereocenters. The average Bonchev–Trinajstić information content (AvgIpc) is 3.26. The van der Waals surface area contributed by atoms with Crippen LogP contribution in [0.25, 0.3) is 0 Å². The maximum atomic E-state index is 12.6. The highest BCUT2D eigenvalue weighted by molar-refractivity contribution is 6.52. The number of ketones is 1. The molecule has 28 heavy (non-hydrogen) atoms. The number of ether oxygens (including phenoxy) is 2. The molecule has 6 nitrogen and oxygen atoms in total. The van der Waals surface area contributed by atoms with E-state index in [1.807, 2.05) is 37.3 Å². The number of rotatable bonds is 5. The van der Waals surface area contributed by atoms with Crippen molar-refractivity contribution in [2.45, 2.75) is 25.8 Å². The van der Waals surface area contributed by atoms with E-state index in [2.05, 4.69) is 4.90 Å². The van der Waals surface area contributed by atoms with Crippen LogP contribution < -0.4 is 14.4 Å². The van der Waals surface area contributed by atoms with Crippen molar-refractivity contribution in [1.82, 2.24) is 4.90 Å². The molecule has 1 saturated heterocycles. The number of Topliss-reactive ketones (excluding diaryl/α,β-unsaturated/α-hetero) is 1. The fourth-order valence-electron chi connectivity index (χ4n) is 4.18. The van der Waals surface area contributed by atoms with E-state index in [-0.39, 0.29) is 6.04 Å². The maximum Gasteiger partial charge on any atom is 0.300 e. The summed E-state index contributed by atoms with van der Waals surface area (Å²) in [7, 11) is 3.28. The normalized spacial score (nSPS) is 19.2. The van der Waals surface area contributed by atoms with Gasteiger partial charge in [0.05, 0.1) is 32.1 Å². The standard InChI is InChI=1S/C22H24N2O4/c1-14-6-9-19-17(11-14)21(25)22(26)24(19)13-23-10-4-5-18(23)16-8-7-15(27-2)12-20(16)28-3/h6-9,11-12,18H,4-5,10,13H2,1-3H3/t18-/m1/s1. The summed E-state index contributed by atoms with van der Waals surface area (Å²) in [5, 5.41) is 0. The van der Waals surface area contributed by atoms with E-state index in [4.69, 9.17) is 9.47 Å². The monoisotopic (exact) mass is 380 g/mol. The SMILES string of the molecule is COc1ccc([C@H]2CCCN2CN2C(=O)C(=O)c3cc(C)ccc32)c(OC)c1. The topological polar surface area (TPSA) is 59.1 Å². The number of hydrogen-bond donors (Lipinski definition) is 0. The Bertz CT molecular complexity index is 940. The maximum absolute atomic E-state index is 12.6. The summed E-state index contributed by atoms with van der Waals surface area (Å²) < 4.78 is 10.9. The van der Waals surface area contributed by atoms with Crippen molar-refractivity contribution >= 4 is 17.4 Å². The van der Waals surface area contributed by atoms with Crippen LogP contribution >= 0.6 is 0 Å².